The quantitative estimate of drug-likeness (QED) is 0.753. The van der Waals surface area contributed by atoms with Gasteiger partial charge in [-0.1, -0.05) is 26.0 Å². The van der Waals surface area contributed by atoms with Crippen LogP contribution in [0.15, 0.2) is 35.1 Å². The first-order valence-corrected chi connectivity index (χ1v) is 9.52. The molecule has 2 rings (SSSR count). The van der Waals surface area contributed by atoms with Crippen LogP contribution in [0.5, 0.6) is 0 Å². The van der Waals surface area contributed by atoms with E-state index in [4.69, 9.17) is 0 Å². The molecule has 0 fully saturated rings. The monoisotopic (exact) mass is 394 g/mol. The number of carbonyl (C=O) groups excluding carboxylic acids is 2. The number of rotatable bonds is 7. The maximum Gasteiger partial charge on any atom is 0.269 e. The highest BCUT2D eigenvalue weighted by Crippen LogP contribution is 2.15. The van der Waals surface area contributed by atoms with Gasteiger partial charge >= 0.3 is 0 Å². The first kappa shape index (κ1) is 21.9. The molecule has 2 N–H and O–H groups in total. The van der Waals surface area contributed by atoms with Crippen molar-refractivity contribution in [2.24, 2.45) is 5.92 Å². The molecule has 0 saturated carbocycles. The average molecular weight is 394 g/mol. The lowest BCUT2D eigenvalue weighted by atomic mass is 10.1. The summed E-state index contributed by atoms with van der Waals surface area (Å²) in [6, 6.07) is 10.3. The number of nitrogens with zero attached hydrogens (tertiary/aromatic N) is 2. The van der Waals surface area contributed by atoms with Gasteiger partial charge in [-0.3, -0.25) is 14.4 Å². The Morgan fingerprint density at radius 3 is 2.55 bits per heavy atom. The van der Waals surface area contributed by atoms with E-state index in [1.807, 2.05) is 6.07 Å². The van der Waals surface area contributed by atoms with Crippen molar-refractivity contribution in [3.8, 4) is 6.07 Å². The summed E-state index contributed by atoms with van der Waals surface area (Å²) in [7, 11) is 0. The van der Waals surface area contributed by atoms with Gasteiger partial charge in [0.15, 0.2) is 0 Å². The van der Waals surface area contributed by atoms with Gasteiger partial charge in [0.05, 0.1) is 11.3 Å². The van der Waals surface area contributed by atoms with Crippen LogP contribution in [0.3, 0.4) is 0 Å². The number of nitrogens with one attached hydrogen (secondary N) is 2. The summed E-state index contributed by atoms with van der Waals surface area (Å²) in [5.41, 5.74) is 1.41. The number of aryl methyl sites for hydroxylation is 2. The molecule has 1 aromatic carbocycles. The lowest BCUT2D eigenvalue weighted by molar-refractivity contribution is -0.116. The van der Waals surface area contributed by atoms with Crippen LogP contribution in [0.2, 0.25) is 0 Å². The zero-order valence-corrected chi connectivity index (χ0v) is 17.2. The van der Waals surface area contributed by atoms with Crippen molar-refractivity contribution >= 4 is 17.5 Å². The molecule has 0 saturated heterocycles. The lowest BCUT2D eigenvalue weighted by Crippen LogP contribution is -2.32. The van der Waals surface area contributed by atoms with Gasteiger partial charge in [-0.15, -0.1) is 0 Å². The average Bonchev–Trinajstić information content (AvgIpc) is 2.65. The Labute approximate surface area is 170 Å². The smallest absolute Gasteiger partial charge is 0.269 e. The Kier molecular flexibility index (Phi) is 7.32. The van der Waals surface area contributed by atoms with Gasteiger partial charge in [-0.25, -0.2) is 0 Å². The van der Waals surface area contributed by atoms with Gasteiger partial charge in [-0.05, 0) is 49.9 Å². The van der Waals surface area contributed by atoms with Crippen molar-refractivity contribution in [3.05, 3.63) is 63.1 Å². The second-order valence-electron chi connectivity index (χ2n) is 7.38. The fourth-order valence-corrected chi connectivity index (χ4v) is 2.95. The van der Waals surface area contributed by atoms with Crippen molar-refractivity contribution < 1.29 is 9.59 Å². The number of hydrogen-bond acceptors (Lipinski definition) is 4. The number of amides is 2. The SMILES string of the molecule is Cc1cc(C)n(CC(=O)Nc2ccccc2C(=O)NCCC(C)C)c(=O)c1C#N. The first-order valence-electron chi connectivity index (χ1n) is 9.52. The van der Waals surface area contributed by atoms with Gasteiger partial charge < -0.3 is 15.2 Å². The second kappa shape index (κ2) is 9.69. The van der Waals surface area contributed by atoms with E-state index in [1.54, 1.807) is 44.2 Å². The highest BCUT2D eigenvalue weighted by molar-refractivity contribution is 6.03. The second-order valence-corrected chi connectivity index (χ2v) is 7.38. The summed E-state index contributed by atoms with van der Waals surface area (Å²) >= 11 is 0. The molecule has 0 aliphatic rings. The Hall–Kier alpha value is -3.40. The minimum Gasteiger partial charge on any atom is -0.352 e. The van der Waals surface area contributed by atoms with Crippen LogP contribution < -0.4 is 16.2 Å². The number of para-hydroxylation sites is 1. The minimum absolute atomic E-state index is 0.0216. The number of nitriles is 1. The van der Waals surface area contributed by atoms with E-state index in [-0.39, 0.29) is 18.0 Å². The molecule has 152 valence electrons. The largest absolute Gasteiger partial charge is 0.352 e. The van der Waals surface area contributed by atoms with E-state index in [0.29, 0.717) is 35.0 Å². The molecule has 0 bridgehead atoms. The summed E-state index contributed by atoms with van der Waals surface area (Å²) in [6.45, 7) is 7.85. The van der Waals surface area contributed by atoms with Gasteiger partial charge in [0.1, 0.15) is 18.2 Å². The molecule has 0 aliphatic heterocycles. The predicted octanol–water partition coefficient (Wildman–Crippen LogP) is 2.75. The molecule has 0 unspecified atom stereocenters. The minimum atomic E-state index is -0.500. The molecule has 0 spiro atoms. The highest BCUT2D eigenvalue weighted by atomic mass is 16.2. The van der Waals surface area contributed by atoms with E-state index in [9.17, 15) is 19.6 Å². The van der Waals surface area contributed by atoms with Crippen molar-refractivity contribution in [1.29, 1.82) is 5.26 Å². The van der Waals surface area contributed by atoms with Crippen molar-refractivity contribution in [1.82, 2.24) is 9.88 Å². The topological polar surface area (TPSA) is 104 Å². The highest BCUT2D eigenvalue weighted by Gasteiger charge is 2.16. The van der Waals surface area contributed by atoms with Gasteiger partial charge in [-0.2, -0.15) is 5.26 Å². The number of aromatic nitrogens is 1. The van der Waals surface area contributed by atoms with Crippen LogP contribution in [0, 0.1) is 31.1 Å². The molecule has 1 aromatic heterocycles. The Balaban J connectivity index is 2.18. The zero-order chi connectivity index (χ0) is 21.6. The number of pyridine rings is 1. The van der Waals surface area contributed by atoms with Crippen LogP contribution >= 0.6 is 0 Å². The molecular formula is C22H26N4O3. The maximum absolute atomic E-state index is 12.6. The molecule has 0 aliphatic carbocycles. The summed E-state index contributed by atoms with van der Waals surface area (Å²) in [5, 5.41) is 14.7. The number of hydrogen-bond donors (Lipinski definition) is 2. The molecular weight excluding hydrogens is 368 g/mol. The Morgan fingerprint density at radius 2 is 1.90 bits per heavy atom. The van der Waals surface area contributed by atoms with E-state index < -0.39 is 11.5 Å². The van der Waals surface area contributed by atoms with Gasteiger partial charge in [0.25, 0.3) is 11.5 Å². The Bertz CT molecular complexity index is 1020. The third kappa shape index (κ3) is 5.55. The Morgan fingerprint density at radius 1 is 1.21 bits per heavy atom. The van der Waals surface area contributed by atoms with Crippen LogP contribution in [0.4, 0.5) is 5.69 Å². The van der Waals surface area contributed by atoms with Crippen LogP contribution in [0.1, 0.15) is 47.4 Å². The third-order valence-electron chi connectivity index (χ3n) is 4.57. The molecule has 1 heterocycles. The number of anilines is 1. The standard InChI is InChI=1S/C22H26N4O3/c1-14(2)9-10-24-21(28)17-7-5-6-8-19(17)25-20(27)13-26-16(4)11-15(3)18(12-23)22(26)29/h5-8,11,14H,9-10,13H2,1-4H3,(H,24,28)(H,25,27). The zero-order valence-electron chi connectivity index (χ0n) is 17.2. The van der Waals surface area contributed by atoms with E-state index in [1.165, 1.54) is 4.57 Å². The first-order chi connectivity index (χ1) is 13.7. The predicted molar refractivity (Wildman–Crippen MR) is 112 cm³/mol. The normalized spacial score (nSPS) is 10.5. The fourth-order valence-electron chi connectivity index (χ4n) is 2.95. The summed E-state index contributed by atoms with van der Waals surface area (Å²) in [6.07, 6.45) is 0.858. The van der Waals surface area contributed by atoms with Crippen molar-refractivity contribution in [3.63, 3.8) is 0 Å². The summed E-state index contributed by atoms with van der Waals surface area (Å²) < 4.78 is 1.26. The van der Waals surface area contributed by atoms with Gasteiger partial charge in [0, 0.05) is 12.2 Å². The van der Waals surface area contributed by atoms with Crippen LogP contribution in [-0.2, 0) is 11.3 Å². The third-order valence-corrected chi connectivity index (χ3v) is 4.57. The molecule has 2 aromatic rings. The molecule has 2 amide bonds. The summed E-state index contributed by atoms with van der Waals surface area (Å²) in [5.74, 6) is -0.248. The van der Waals surface area contributed by atoms with Crippen LogP contribution in [-0.4, -0.2) is 22.9 Å². The van der Waals surface area contributed by atoms with E-state index >= 15 is 0 Å². The summed E-state index contributed by atoms with van der Waals surface area (Å²) in [4.78, 5) is 37.5. The molecule has 0 radical (unpaired) electrons. The number of benzene rings is 1. The molecule has 7 heteroatoms. The molecule has 0 atom stereocenters. The van der Waals surface area contributed by atoms with Crippen molar-refractivity contribution in [2.45, 2.75) is 40.7 Å². The molecule has 7 nitrogen and oxygen atoms in total. The lowest BCUT2D eigenvalue weighted by Gasteiger charge is -2.14. The maximum atomic E-state index is 12.6. The van der Waals surface area contributed by atoms with Gasteiger partial charge in [0.2, 0.25) is 5.91 Å². The van der Waals surface area contributed by atoms with E-state index in [0.717, 1.165) is 6.42 Å². The van der Waals surface area contributed by atoms with Crippen LogP contribution in [0.25, 0.3) is 0 Å². The number of carbonyl (C=O) groups is 2. The van der Waals surface area contributed by atoms with Crippen molar-refractivity contribution in [2.75, 3.05) is 11.9 Å². The molecule has 29 heavy (non-hydrogen) atoms. The fraction of sp³-hybridized carbons (Fsp3) is 0.364. The van der Waals surface area contributed by atoms with E-state index in [2.05, 4.69) is 24.5 Å².